The molecule has 222 valence electrons. The predicted molar refractivity (Wildman–Crippen MR) is 150 cm³/mol. The Morgan fingerprint density at radius 1 is 1.19 bits per heavy atom. The molecule has 1 saturated carbocycles. The summed E-state index contributed by atoms with van der Waals surface area (Å²) in [4.78, 5) is 47.3. The number of anilines is 2. The average molecular weight is 612 g/mol. The second-order valence-electron chi connectivity index (χ2n) is 10.3. The summed E-state index contributed by atoms with van der Waals surface area (Å²) in [7, 11) is 0. The smallest absolute Gasteiger partial charge is 0.415 e. The van der Waals surface area contributed by atoms with E-state index in [2.05, 4.69) is 10.3 Å². The van der Waals surface area contributed by atoms with Gasteiger partial charge in [-0.15, -0.1) is 0 Å². The molecule has 1 aromatic heterocycles. The lowest BCUT2D eigenvalue weighted by Gasteiger charge is -2.39. The number of cyclic esters (lactones) is 1. The summed E-state index contributed by atoms with van der Waals surface area (Å²) in [6.07, 6.45) is -0.719. The molecule has 9 nitrogen and oxygen atoms in total. The molecule has 1 aliphatic heterocycles. The van der Waals surface area contributed by atoms with Gasteiger partial charge in [0.05, 0.1) is 24.3 Å². The van der Waals surface area contributed by atoms with Gasteiger partial charge in [0.25, 0.3) is 5.92 Å². The first-order chi connectivity index (χ1) is 20.6. The standard InChI is InChI=1S/C30H25ClF3N5O4/c31-24-7-2-1-6-23(24)27(28(41)37-20-15-30(33,34)16-20)39(21-5-3-4-19(32)13-21)26(40)14-22-9-11-43-29(42)38(22)25-12-18(17-35)8-10-36-25/h1-8,10,12-13,20,22,27H,9,11,14-16H2,(H,37,41)/t22-,27-/m0/s1. The number of benzene rings is 2. The Hall–Kier alpha value is -4.63. The number of amides is 3. The Balaban J connectivity index is 1.54. The Morgan fingerprint density at radius 3 is 2.65 bits per heavy atom. The van der Waals surface area contributed by atoms with Crippen molar-refractivity contribution in [2.24, 2.45) is 0 Å². The molecular formula is C30H25ClF3N5O4. The topological polar surface area (TPSA) is 116 Å². The van der Waals surface area contributed by atoms with Crippen LogP contribution in [0.1, 0.15) is 42.9 Å². The van der Waals surface area contributed by atoms with Crippen LogP contribution in [-0.4, -0.2) is 47.5 Å². The number of nitriles is 1. The van der Waals surface area contributed by atoms with Gasteiger partial charge in [-0.2, -0.15) is 5.26 Å². The first-order valence-electron chi connectivity index (χ1n) is 13.4. The van der Waals surface area contributed by atoms with Crippen LogP contribution in [-0.2, 0) is 14.3 Å². The van der Waals surface area contributed by atoms with Crippen LogP contribution >= 0.6 is 11.6 Å². The Labute approximate surface area is 249 Å². The molecule has 2 heterocycles. The van der Waals surface area contributed by atoms with Gasteiger partial charge >= 0.3 is 6.09 Å². The van der Waals surface area contributed by atoms with Crippen LogP contribution in [0.3, 0.4) is 0 Å². The highest BCUT2D eigenvalue weighted by Crippen LogP contribution is 2.39. The van der Waals surface area contributed by atoms with Gasteiger partial charge < -0.3 is 10.1 Å². The van der Waals surface area contributed by atoms with Gasteiger partial charge in [0.1, 0.15) is 17.7 Å². The third-order valence-corrected chi connectivity index (χ3v) is 7.61. The molecule has 13 heteroatoms. The van der Waals surface area contributed by atoms with Gasteiger partial charge in [-0.05, 0) is 36.4 Å². The highest BCUT2D eigenvalue weighted by atomic mass is 35.5. The maximum Gasteiger partial charge on any atom is 0.415 e. The Bertz CT molecular complexity index is 1590. The lowest BCUT2D eigenvalue weighted by Crippen LogP contribution is -2.55. The Kier molecular flexibility index (Phi) is 8.54. The van der Waals surface area contributed by atoms with Crippen molar-refractivity contribution < 1.29 is 32.3 Å². The minimum atomic E-state index is -2.91. The summed E-state index contributed by atoms with van der Waals surface area (Å²) in [5.41, 5.74) is 0.430. The molecule has 3 amide bonds. The number of hydrogen-bond acceptors (Lipinski definition) is 6. The zero-order chi connectivity index (χ0) is 30.7. The summed E-state index contributed by atoms with van der Waals surface area (Å²) >= 11 is 6.49. The molecule has 0 bridgehead atoms. The van der Waals surface area contributed by atoms with Crippen molar-refractivity contribution in [2.75, 3.05) is 16.4 Å². The maximum absolute atomic E-state index is 14.5. The number of alkyl halides is 2. The monoisotopic (exact) mass is 611 g/mol. The molecule has 5 rings (SSSR count). The number of pyridine rings is 1. The number of aromatic nitrogens is 1. The zero-order valence-corrected chi connectivity index (χ0v) is 23.3. The SMILES string of the molecule is N#Cc1ccnc(N2C(=O)OCC[C@H]2CC(=O)N(c2cccc(F)c2)[C@H](C(=O)NC2CC(F)(F)C2)c2ccccc2Cl)c1. The highest BCUT2D eigenvalue weighted by Gasteiger charge is 2.47. The van der Waals surface area contributed by atoms with E-state index in [-0.39, 0.29) is 47.1 Å². The average Bonchev–Trinajstić information content (AvgIpc) is 2.95. The summed E-state index contributed by atoms with van der Waals surface area (Å²) in [5.74, 6) is -4.98. The molecule has 0 unspecified atom stereocenters. The lowest BCUT2D eigenvalue weighted by atomic mass is 9.87. The molecule has 2 aliphatic rings. The number of hydrogen-bond donors (Lipinski definition) is 1. The molecule has 1 N–H and O–H groups in total. The first kappa shape index (κ1) is 29.8. The van der Waals surface area contributed by atoms with Gasteiger partial charge in [-0.3, -0.25) is 19.4 Å². The van der Waals surface area contributed by atoms with E-state index in [1.165, 1.54) is 48.7 Å². The lowest BCUT2D eigenvalue weighted by molar-refractivity contribution is -0.132. The molecule has 1 saturated heterocycles. The van der Waals surface area contributed by atoms with Crippen LogP contribution in [0.4, 0.5) is 29.5 Å². The van der Waals surface area contributed by atoms with Crippen molar-refractivity contribution >= 4 is 41.0 Å². The molecule has 3 aromatic rings. The minimum Gasteiger partial charge on any atom is -0.449 e. The number of rotatable bonds is 8. The third kappa shape index (κ3) is 6.57. The quantitative estimate of drug-likeness (QED) is 0.358. The van der Waals surface area contributed by atoms with Gasteiger partial charge in [0, 0.05) is 54.2 Å². The number of nitrogens with zero attached hydrogens (tertiary/aromatic N) is 4. The highest BCUT2D eigenvalue weighted by molar-refractivity contribution is 6.31. The second kappa shape index (κ2) is 12.3. The maximum atomic E-state index is 14.5. The number of carbonyl (C=O) groups is 3. The summed E-state index contributed by atoms with van der Waals surface area (Å²) in [6, 6.07) is 13.0. The Morgan fingerprint density at radius 2 is 1.95 bits per heavy atom. The van der Waals surface area contributed by atoms with E-state index < -0.39 is 60.6 Å². The minimum absolute atomic E-state index is 0.00446. The molecule has 43 heavy (non-hydrogen) atoms. The van der Waals surface area contributed by atoms with E-state index >= 15 is 0 Å². The van der Waals surface area contributed by atoms with Crippen LogP contribution in [0, 0.1) is 17.1 Å². The number of nitrogens with one attached hydrogen (secondary N) is 1. The fourth-order valence-electron chi connectivity index (χ4n) is 5.22. The predicted octanol–water partition coefficient (Wildman–Crippen LogP) is 5.54. The van der Waals surface area contributed by atoms with Crippen LogP contribution in [0.25, 0.3) is 0 Å². The van der Waals surface area contributed by atoms with E-state index in [9.17, 15) is 32.8 Å². The molecule has 2 aromatic carbocycles. The van der Waals surface area contributed by atoms with Gasteiger partial charge in [0.2, 0.25) is 11.8 Å². The van der Waals surface area contributed by atoms with Gasteiger partial charge in [0.15, 0.2) is 0 Å². The molecule has 0 radical (unpaired) electrons. The molecule has 1 aliphatic carbocycles. The van der Waals surface area contributed by atoms with E-state index in [0.717, 1.165) is 15.9 Å². The van der Waals surface area contributed by atoms with Crippen molar-refractivity contribution in [3.63, 3.8) is 0 Å². The van der Waals surface area contributed by atoms with Crippen molar-refractivity contribution in [3.8, 4) is 6.07 Å². The van der Waals surface area contributed by atoms with E-state index in [0.29, 0.717) is 0 Å². The van der Waals surface area contributed by atoms with Crippen molar-refractivity contribution in [1.82, 2.24) is 10.3 Å². The fourth-order valence-corrected chi connectivity index (χ4v) is 5.46. The van der Waals surface area contributed by atoms with E-state index in [1.807, 2.05) is 6.07 Å². The number of carbonyl (C=O) groups excluding carboxylic acids is 3. The van der Waals surface area contributed by atoms with Crippen LogP contribution in [0.2, 0.25) is 5.02 Å². The van der Waals surface area contributed by atoms with Gasteiger partial charge in [-0.25, -0.2) is 22.9 Å². The molecule has 2 atom stereocenters. The first-order valence-corrected chi connectivity index (χ1v) is 13.8. The van der Waals surface area contributed by atoms with Crippen molar-refractivity contribution in [2.45, 2.75) is 49.7 Å². The van der Waals surface area contributed by atoms with Crippen LogP contribution < -0.4 is 15.1 Å². The zero-order valence-electron chi connectivity index (χ0n) is 22.6. The fraction of sp³-hybridized carbons (Fsp3) is 0.300. The summed E-state index contributed by atoms with van der Waals surface area (Å²) in [5, 5.41) is 12.0. The largest absolute Gasteiger partial charge is 0.449 e. The van der Waals surface area contributed by atoms with E-state index in [4.69, 9.17) is 16.3 Å². The van der Waals surface area contributed by atoms with Crippen molar-refractivity contribution in [3.05, 3.63) is 88.8 Å². The summed E-state index contributed by atoms with van der Waals surface area (Å²) in [6.45, 7) is -0.00446. The van der Waals surface area contributed by atoms with Crippen LogP contribution in [0.5, 0.6) is 0 Å². The molecular weight excluding hydrogens is 587 g/mol. The normalized spacial score (nSPS) is 18.5. The third-order valence-electron chi connectivity index (χ3n) is 7.27. The second-order valence-corrected chi connectivity index (χ2v) is 10.7. The number of ether oxygens (including phenoxy) is 1. The number of halogens is 4. The van der Waals surface area contributed by atoms with Gasteiger partial charge in [-0.1, -0.05) is 35.9 Å². The molecule has 0 spiro atoms. The van der Waals surface area contributed by atoms with Crippen molar-refractivity contribution in [1.29, 1.82) is 5.26 Å². The summed E-state index contributed by atoms with van der Waals surface area (Å²) < 4.78 is 46.9. The molecule has 2 fully saturated rings. The van der Waals surface area contributed by atoms with E-state index in [1.54, 1.807) is 12.1 Å². The van der Waals surface area contributed by atoms with Crippen LogP contribution in [0.15, 0.2) is 66.9 Å².